The summed E-state index contributed by atoms with van der Waals surface area (Å²) < 4.78 is 90.8. The van der Waals surface area contributed by atoms with Crippen molar-refractivity contribution in [2.24, 2.45) is 0 Å². The highest BCUT2D eigenvalue weighted by Crippen LogP contribution is 2.33. The van der Waals surface area contributed by atoms with Crippen LogP contribution >= 0.6 is 0 Å². The van der Waals surface area contributed by atoms with E-state index in [0.29, 0.717) is 0 Å². The Morgan fingerprint density at radius 3 is 2.15 bits per heavy atom. The maximum Gasteiger partial charge on any atom is 0.534 e. The molecule has 1 heterocycles. The van der Waals surface area contributed by atoms with Crippen molar-refractivity contribution in [1.82, 2.24) is 3.97 Å². The van der Waals surface area contributed by atoms with Gasteiger partial charge in [0.1, 0.15) is 0 Å². The zero-order valence-corrected chi connectivity index (χ0v) is 15.3. The Balaban J connectivity index is 2.13. The van der Waals surface area contributed by atoms with E-state index >= 15 is 0 Å². The second kappa shape index (κ2) is 6.27. The predicted octanol–water partition coefficient (Wildman–Crippen LogP) is 3.42. The Labute approximate surface area is 153 Å². The van der Waals surface area contributed by atoms with E-state index < -0.39 is 31.4 Å². The molecule has 27 heavy (non-hydrogen) atoms. The van der Waals surface area contributed by atoms with Gasteiger partial charge in [0.15, 0.2) is 5.75 Å². The highest BCUT2D eigenvalue weighted by molar-refractivity contribution is 7.90. The molecule has 0 atom stereocenters. The molecule has 0 amide bonds. The van der Waals surface area contributed by atoms with Gasteiger partial charge in [0.05, 0.1) is 10.4 Å². The Kier molecular flexibility index (Phi) is 4.47. The van der Waals surface area contributed by atoms with Gasteiger partial charge in [-0.3, -0.25) is 0 Å². The second-order valence-corrected chi connectivity index (χ2v) is 8.95. The van der Waals surface area contributed by atoms with Crippen molar-refractivity contribution >= 4 is 31.0 Å². The fraction of sp³-hybridized carbons (Fsp3) is 0.125. The van der Waals surface area contributed by atoms with Gasteiger partial charge in [-0.15, -0.1) is 0 Å². The van der Waals surface area contributed by atoms with Crippen LogP contribution in [0.2, 0.25) is 0 Å². The van der Waals surface area contributed by atoms with Crippen molar-refractivity contribution < 1.29 is 34.2 Å². The average Bonchev–Trinajstić information content (AvgIpc) is 3.00. The van der Waals surface area contributed by atoms with Crippen LogP contribution in [0.4, 0.5) is 13.2 Å². The van der Waals surface area contributed by atoms with Crippen LogP contribution in [0.25, 0.3) is 10.9 Å². The molecule has 0 aliphatic rings. The van der Waals surface area contributed by atoms with Crippen LogP contribution < -0.4 is 4.18 Å². The van der Waals surface area contributed by atoms with Gasteiger partial charge in [0, 0.05) is 11.6 Å². The first kappa shape index (κ1) is 19.2. The summed E-state index contributed by atoms with van der Waals surface area (Å²) in [5, 5.41) is -0.0963. The number of fused-ring (bicyclic) bond motifs is 1. The van der Waals surface area contributed by atoms with Crippen molar-refractivity contribution in [2.45, 2.75) is 17.3 Å². The molecule has 0 fully saturated rings. The number of hydrogen-bond donors (Lipinski definition) is 0. The Bertz CT molecular complexity index is 1210. The fourth-order valence-corrected chi connectivity index (χ4v) is 4.21. The molecule has 6 nitrogen and oxygen atoms in total. The number of aryl methyl sites for hydroxylation is 1. The maximum atomic E-state index is 12.8. The third kappa shape index (κ3) is 3.39. The minimum Gasteiger partial charge on any atom is -0.375 e. The quantitative estimate of drug-likeness (QED) is 0.478. The van der Waals surface area contributed by atoms with E-state index in [2.05, 4.69) is 4.18 Å². The standard InChI is InChI=1S/C16H12F3NO5S2/c1-11-5-7-12(8-6-11)26(21,22)20-10-9-13-14(20)3-2-4-15(13)25-27(23,24)16(17,18)19/h2-10H,1H3. The molecule has 144 valence electrons. The molecule has 0 aliphatic heterocycles. The number of alkyl halides is 3. The topological polar surface area (TPSA) is 82.4 Å². The van der Waals surface area contributed by atoms with Crippen molar-refractivity contribution in [3.05, 3.63) is 60.3 Å². The molecule has 1 aromatic heterocycles. The molecule has 11 heteroatoms. The summed E-state index contributed by atoms with van der Waals surface area (Å²) >= 11 is 0. The van der Waals surface area contributed by atoms with Gasteiger partial charge in [-0.1, -0.05) is 23.8 Å². The van der Waals surface area contributed by atoms with Gasteiger partial charge in [0.2, 0.25) is 0 Å². The molecule has 0 spiro atoms. The largest absolute Gasteiger partial charge is 0.534 e. The Morgan fingerprint density at radius 1 is 0.926 bits per heavy atom. The molecule has 0 N–H and O–H groups in total. The number of hydrogen-bond acceptors (Lipinski definition) is 5. The number of nitrogens with zero attached hydrogens (tertiary/aromatic N) is 1. The number of benzene rings is 2. The molecular formula is C16H12F3NO5S2. The summed E-state index contributed by atoms with van der Waals surface area (Å²) in [7, 11) is -9.92. The predicted molar refractivity (Wildman–Crippen MR) is 91.3 cm³/mol. The molecule has 0 aliphatic carbocycles. The van der Waals surface area contributed by atoms with E-state index in [0.717, 1.165) is 21.8 Å². The molecule has 0 saturated heterocycles. The van der Waals surface area contributed by atoms with Crippen LogP contribution in [0.15, 0.2) is 59.6 Å². The smallest absolute Gasteiger partial charge is 0.375 e. The van der Waals surface area contributed by atoms with Crippen molar-refractivity contribution in [3.8, 4) is 5.75 Å². The zero-order chi connectivity index (χ0) is 20.0. The van der Waals surface area contributed by atoms with E-state index in [1.165, 1.54) is 30.3 Å². The van der Waals surface area contributed by atoms with Gasteiger partial charge in [0.25, 0.3) is 10.0 Å². The summed E-state index contributed by atoms with van der Waals surface area (Å²) in [6, 6.07) is 10.7. The van der Waals surface area contributed by atoms with Crippen LogP contribution in [-0.4, -0.2) is 26.3 Å². The monoisotopic (exact) mass is 419 g/mol. The lowest BCUT2D eigenvalue weighted by atomic mass is 10.2. The van der Waals surface area contributed by atoms with Crippen LogP contribution in [-0.2, 0) is 20.1 Å². The SMILES string of the molecule is Cc1ccc(S(=O)(=O)n2ccc3c(OS(=O)(=O)C(F)(F)F)cccc32)cc1. The fourth-order valence-electron chi connectivity index (χ4n) is 2.39. The van der Waals surface area contributed by atoms with Crippen LogP contribution in [0.3, 0.4) is 0 Å². The number of halogens is 3. The Morgan fingerprint density at radius 2 is 1.56 bits per heavy atom. The van der Waals surface area contributed by atoms with Crippen LogP contribution in [0.5, 0.6) is 5.75 Å². The average molecular weight is 419 g/mol. The van der Waals surface area contributed by atoms with Crippen molar-refractivity contribution in [3.63, 3.8) is 0 Å². The summed E-state index contributed by atoms with van der Waals surface area (Å²) in [5.74, 6) is -0.623. The first-order chi connectivity index (χ1) is 12.4. The van der Waals surface area contributed by atoms with Gasteiger partial charge >= 0.3 is 15.6 Å². The van der Waals surface area contributed by atoms with Gasteiger partial charge in [-0.05, 0) is 37.3 Å². The van der Waals surface area contributed by atoms with E-state index in [9.17, 15) is 30.0 Å². The van der Waals surface area contributed by atoms with Crippen LogP contribution in [0.1, 0.15) is 5.56 Å². The van der Waals surface area contributed by atoms with Crippen molar-refractivity contribution in [1.29, 1.82) is 0 Å². The maximum absolute atomic E-state index is 12.8. The van der Waals surface area contributed by atoms with E-state index in [-0.39, 0.29) is 15.8 Å². The Hall–Kier alpha value is -2.53. The van der Waals surface area contributed by atoms with Crippen LogP contribution in [0, 0.1) is 6.92 Å². The van der Waals surface area contributed by atoms with Crippen molar-refractivity contribution in [2.75, 3.05) is 0 Å². The zero-order valence-electron chi connectivity index (χ0n) is 13.6. The minimum absolute atomic E-state index is 0.0227. The lowest BCUT2D eigenvalue weighted by molar-refractivity contribution is -0.0499. The highest BCUT2D eigenvalue weighted by atomic mass is 32.2. The van der Waals surface area contributed by atoms with E-state index in [4.69, 9.17) is 0 Å². The first-order valence-electron chi connectivity index (χ1n) is 7.36. The molecule has 0 saturated carbocycles. The van der Waals surface area contributed by atoms with Gasteiger partial charge in [-0.25, -0.2) is 12.4 Å². The lowest BCUT2D eigenvalue weighted by Crippen LogP contribution is -2.28. The third-order valence-corrected chi connectivity index (χ3v) is 6.39. The molecule has 0 unspecified atom stereocenters. The summed E-state index contributed by atoms with van der Waals surface area (Å²) in [5.41, 5.74) is -4.78. The van der Waals surface area contributed by atoms with E-state index in [1.807, 2.05) is 0 Å². The minimum atomic E-state index is -5.88. The molecule has 0 bridgehead atoms. The number of aromatic nitrogens is 1. The first-order valence-corrected chi connectivity index (χ1v) is 10.2. The normalized spacial score (nSPS) is 13.0. The second-order valence-electron chi connectivity index (χ2n) is 5.60. The molecule has 3 aromatic rings. The van der Waals surface area contributed by atoms with Gasteiger partial charge in [-0.2, -0.15) is 21.6 Å². The number of rotatable bonds is 4. The van der Waals surface area contributed by atoms with E-state index in [1.54, 1.807) is 19.1 Å². The summed E-state index contributed by atoms with van der Waals surface area (Å²) in [4.78, 5) is -0.0279. The summed E-state index contributed by atoms with van der Waals surface area (Å²) in [6.07, 6.45) is 1.12. The molecule has 2 aromatic carbocycles. The lowest BCUT2D eigenvalue weighted by Gasteiger charge is -2.11. The summed E-state index contributed by atoms with van der Waals surface area (Å²) in [6.45, 7) is 1.78. The van der Waals surface area contributed by atoms with Gasteiger partial charge < -0.3 is 4.18 Å². The molecular weight excluding hydrogens is 407 g/mol. The molecule has 3 rings (SSSR count). The highest BCUT2D eigenvalue weighted by Gasteiger charge is 2.48. The third-order valence-electron chi connectivity index (χ3n) is 3.72. The molecule has 0 radical (unpaired) electrons.